The van der Waals surface area contributed by atoms with Crippen molar-refractivity contribution in [1.29, 1.82) is 0 Å². The van der Waals surface area contributed by atoms with Crippen LogP contribution >= 0.6 is 0 Å². The highest BCUT2D eigenvalue weighted by molar-refractivity contribution is 5.94. The summed E-state index contributed by atoms with van der Waals surface area (Å²) in [5.74, 6) is 1.24. The van der Waals surface area contributed by atoms with Crippen LogP contribution in [0.15, 0.2) is 36.9 Å². The molecule has 0 atom stereocenters. The first-order chi connectivity index (χ1) is 16.2. The van der Waals surface area contributed by atoms with E-state index in [-0.39, 0.29) is 0 Å². The highest BCUT2D eigenvalue weighted by Crippen LogP contribution is 2.36. The molecule has 2 N–H and O–H groups in total. The van der Waals surface area contributed by atoms with E-state index in [1.54, 1.807) is 0 Å². The summed E-state index contributed by atoms with van der Waals surface area (Å²) in [6.07, 6.45) is 12.4. The van der Waals surface area contributed by atoms with Gasteiger partial charge in [0, 0.05) is 23.3 Å². The molecule has 1 saturated carbocycles. The topological polar surface area (TPSA) is 104 Å². The minimum atomic E-state index is 0.512. The van der Waals surface area contributed by atoms with E-state index in [2.05, 4.69) is 60.5 Å². The van der Waals surface area contributed by atoms with E-state index in [9.17, 15) is 0 Å². The second kappa shape index (κ2) is 7.21. The van der Waals surface area contributed by atoms with E-state index < -0.39 is 0 Å². The van der Waals surface area contributed by atoms with Crippen molar-refractivity contribution in [1.82, 2.24) is 44.8 Å². The number of hydrogen-bond acceptors (Lipinski definition) is 6. The molecule has 0 aromatic carbocycles. The lowest BCUT2D eigenvalue weighted by Crippen LogP contribution is -2.29. The minimum Gasteiger partial charge on any atom is -0.321 e. The number of nitrogens with one attached hydrogen (secondary N) is 2. The van der Waals surface area contributed by atoms with E-state index in [0.29, 0.717) is 12.0 Å². The van der Waals surface area contributed by atoms with Crippen LogP contribution in [-0.4, -0.2) is 65.0 Å². The zero-order valence-corrected chi connectivity index (χ0v) is 18.5. The molecule has 9 nitrogen and oxygen atoms in total. The van der Waals surface area contributed by atoms with Crippen molar-refractivity contribution in [3.8, 4) is 22.8 Å². The van der Waals surface area contributed by atoms with Crippen molar-refractivity contribution in [2.24, 2.45) is 0 Å². The smallest absolute Gasteiger partial charge is 0.160 e. The number of rotatable bonds is 4. The molecule has 33 heavy (non-hydrogen) atoms. The Morgan fingerprint density at radius 2 is 1.94 bits per heavy atom. The normalized spacial score (nSPS) is 18.0. The van der Waals surface area contributed by atoms with Gasteiger partial charge in [0.1, 0.15) is 11.2 Å². The van der Waals surface area contributed by atoms with Crippen LogP contribution in [0.2, 0.25) is 0 Å². The van der Waals surface area contributed by atoms with Gasteiger partial charge in [0.05, 0.1) is 29.6 Å². The van der Waals surface area contributed by atoms with Crippen LogP contribution in [0.4, 0.5) is 0 Å². The fourth-order valence-electron chi connectivity index (χ4n) is 4.96. The molecule has 0 radical (unpaired) electrons. The summed E-state index contributed by atoms with van der Waals surface area (Å²) in [5, 5.41) is 13.2. The fraction of sp³-hybridized carbons (Fsp3) is 0.375. The standard InChI is InChI=1S/C24H25N9/c1-32-8-5-14(6-9-32)17-4-7-25-23-21(17)28-24(29-23)22-18-10-19(26-12-20(18)30-31-22)15-11-27-33(13-15)16-2-3-16/h4,7,10-14,16H,2-3,5-6,8-9H2,1H3,(H,30,31)(H,25,28,29). The molecule has 1 aliphatic carbocycles. The Labute approximate surface area is 190 Å². The summed E-state index contributed by atoms with van der Waals surface area (Å²) in [4.78, 5) is 20.0. The van der Waals surface area contributed by atoms with Gasteiger partial charge >= 0.3 is 0 Å². The van der Waals surface area contributed by atoms with E-state index in [1.165, 1.54) is 18.4 Å². The molecular weight excluding hydrogens is 414 g/mol. The second-order valence-corrected chi connectivity index (χ2v) is 9.39. The largest absolute Gasteiger partial charge is 0.321 e. The van der Waals surface area contributed by atoms with Crippen molar-refractivity contribution in [3.63, 3.8) is 0 Å². The molecule has 2 aliphatic rings. The number of aromatic amines is 2. The number of hydrogen-bond donors (Lipinski definition) is 2. The third-order valence-electron chi connectivity index (χ3n) is 7.06. The van der Waals surface area contributed by atoms with Crippen LogP contribution in [0.1, 0.15) is 43.2 Å². The number of piperidine rings is 1. The summed E-state index contributed by atoms with van der Waals surface area (Å²) in [6, 6.07) is 4.75. The monoisotopic (exact) mass is 439 g/mol. The second-order valence-electron chi connectivity index (χ2n) is 9.39. The quantitative estimate of drug-likeness (QED) is 0.440. The highest BCUT2D eigenvalue weighted by atomic mass is 15.3. The average molecular weight is 440 g/mol. The summed E-state index contributed by atoms with van der Waals surface area (Å²) >= 11 is 0. The van der Waals surface area contributed by atoms with Crippen molar-refractivity contribution < 1.29 is 0 Å². The number of imidazole rings is 1. The molecule has 0 spiro atoms. The Balaban J connectivity index is 1.29. The van der Waals surface area contributed by atoms with Crippen molar-refractivity contribution >= 4 is 22.1 Å². The summed E-state index contributed by atoms with van der Waals surface area (Å²) < 4.78 is 2.05. The van der Waals surface area contributed by atoms with Gasteiger partial charge in [0.25, 0.3) is 0 Å². The van der Waals surface area contributed by atoms with E-state index >= 15 is 0 Å². The Hall–Kier alpha value is -3.59. The predicted octanol–water partition coefficient (Wildman–Crippen LogP) is 3.90. The summed E-state index contributed by atoms with van der Waals surface area (Å²) in [7, 11) is 2.19. The lowest BCUT2D eigenvalue weighted by atomic mass is 9.89. The third-order valence-corrected chi connectivity index (χ3v) is 7.06. The maximum absolute atomic E-state index is 4.99. The number of nitrogens with zero attached hydrogens (tertiary/aromatic N) is 7. The van der Waals surface area contributed by atoms with Crippen LogP contribution in [0.3, 0.4) is 0 Å². The summed E-state index contributed by atoms with van der Waals surface area (Å²) in [5.41, 5.74) is 6.63. The van der Waals surface area contributed by atoms with Crippen molar-refractivity contribution in [3.05, 3.63) is 42.5 Å². The molecule has 2 fully saturated rings. The van der Waals surface area contributed by atoms with Gasteiger partial charge in [-0.25, -0.2) is 9.97 Å². The maximum Gasteiger partial charge on any atom is 0.160 e. The van der Waals surface area contributed by atoms with E-state index in [0.717, 1.165) is 70.8 Å². The Morgan fingerprint density at radius 1 is 1.06 bits per heavy atom. The molecule has 0 amide bonds. The average Bonchev–Trinajstić information content (AvgIpc) is 3.23. The molecule has 7 rings (SSSR count). The van der Waals surface area contributed by atoms with Gasteiger partial charge in [-0.05, 0) is 69.4 Å². The van der Waals surface area contributed by atoms with Gasteiger partial charge in [-0.1, -0.05) is 0 Å². The highest BCUT2D eigenvalue weighted by Gasteiger charge is 2.25. The zero-order valence-electron chi connectivity index (χ0n) is 18.5. The van der Waals surface area contributed by atoms with Gasteiger partial charge in [0.15, 0.2) is 11.5 Å². The van der Waals surface area contributed by atoms with Crippen molar-refractivity contribution in [2.75, 3.05) is 20.1 Å². The Morgan fingerprint density at radius 3 is 2.79 bits per heavy atom. The van der Waals surface area contributed by atoms with Gasteiger partial charge in [-0.2, -0.15) is 10.2 Å². The van der Waals surface area contributed by atoms with Crippen LogP contribution in [0.5, 0.6) is 0 Å². The molecular formula is C24H25N9. The molecule has 1 saturated heterocycles. The SMILES string of the molecule is CN1CCC(c2ccnc3[nH]c(-c4n[nH]c5cnc(-c6cnn(C7CC7)c6)cc45)nc23)CC1. The summed E-state index contributed by atoms with van der Waals surface area (Å²) in [6.45, 7) is 2.23. The van der Waals surface area contributed by atoms with E-state index in [4.69, 9.17) is 4.98 Å². The van der Waals surface area contributed by atoms with Crippen molar-refractivity contribution in [2.45, 2.75) is 37.6 Å². The van der Waals surface area contributed by atoms with Crippen LogP contribution in [0, 0.1) is 0 Å². The number of aromatic nitrogens is 8. The van der Waals surface area contributed by atoms with Gasteiger partial charge in [-0.15, -0.1) is 0 Å². The molecule has 5 aromatic heterocycles. The van der Waals surface area contributed by atoms with Gasteiger partial charge in [-0.3, -0.25) is 14.8 Å². The molecule has 166 valence electrons. The predicted molar refractivity (Wildman–Crippen MR) is 126 cm³/mol. The van der Waals surface area contributed by atoms with Crippen LogP contribution < -0.4 is 0 Å². The fourth-order valence-corrected chi connectivity index (χ4v) is 4.96. The first-order valence-electron chi connectivity index (χ1n) is 11.6. The first kappa shape index (κ1) is 18.9. The first-order valence-corrected chi connectivity index (χ1v) is 11.6. The lowest BCUT2D eigenvalue weighted by Gasteiger charge is -2.29. The molecule has 5 aromatic rings. The number of fused-ring (bicyclic) bond motifs is 2. The minimum absolute atomic E-state index is 0.512. The van der Waals surface area contributed by atoms with E-state index in [1.807, 2.05) is 23.3 Å². The molecule has 9 heteroatoms. The number of likely N-dealkylation sites (tertiary alicyclic amines) is 1. The molecule has 1 aliphatic heterocycles. The van der Waals surface area contributed by atoms with Gasteiger partial charge in [0.2, 0.25) is 0 Å². The zero-order chi connectivity index (χ0) is 21.9. The van der Waals surface area contributed by atoms with Gasteiger partial charge < -0.3 is 9.88 Å². The lowest BCUT2D eigenvalue weighted by molar-refractivity contribution is 0.256. The van der Waals surface area contributed by atoms with Crippen LogP contribution in [-0.2, 0) is 0 Å². The third kappa shape index (κ3) is 3.22. The number of pyridine rings is 2. The Bertz CT molecular complexity index is 1460. The maximum atomic E-state index is 4.99. The molecule has 0 unspecified atom stereocenters. The molecule has 6 heterocycles. The van der Waals surface area contributed by atoms with Crippen LogP contribution in [0.25, 0.3) is 44.8 Å². The molecule has 0 bridgehead atoms. The Kier molecular flexibility index (Phi) is 4.14. The number of H-pyrrole nitrogens is 2.